The van der Waals surface area contributed by atoms with Crippen LogP contribution in [0.15, 0.2) is 30.3 Å². The quantitative estimate of drug-likeness (QED) is 0.678. The van der Waals surface area contributed by atoms with Gasteiger partial charge in [-0.15, -0.1) is 11.6 Å². The van der Waals surface area contributed by atoms with Crippen LogP contribution in [0.5, 0.6) is 0 Å². The van der Waals surface area contributed by atoms with Gasteiger partial charge in [0.05, 0.1) is 0 Å². The van der Waals surface area contributed by atoms with Gasteiger partial charge >= 0.3 is 0 Å². The van der Waals surface area contributed by atoms with Crippen LogP contribution < -0.4 is 0 Å². The molecule has 0 aromatic heterocycles. The van der Waals surface area contributed by atoms with Crippen molar-refractivity contribution < 1.29 is 0 Å². The lowest BCUT2D eigenvalue weighted by atomic mass is 10.1. The summed E-state index contributed by atoms with van der Waals surface area (Å²) < 4.78 is 0. The van der Waals surface area contributed by atoms with Crippen molar-refractivity contribution in [1.29, 1.82) is 0 Å². The third kappa shape index (κ3) is 2.73. The summed E-state index contributed by atoms with van der Waals surface area (Å²) in [6.07, 6.45) is 2.41. The Labute approximate surface area is 90.7 Å². The van der Waals surface area contributed by atoms with Gasteiger partial charge in [0.1, 0.15) is 0 Å². The van der Waals surface area contributed by atoms with Crippen LogP contribution in [-0.4, -0.2) is 23.4 Å². The number of alkyl halides is 1. The van der Waals surface area contributed by atoms with Crippen LogP contribution in [0.25, 0.3) is 0 Å². The van der Waals surface area contributed by atoms with E-state index in [0.29, 0.717) is 5.38 Å². The molecule has 1 saturated heterocycles. The third-order valence-electron chi connectivity index (χ3n) is 2.70. The molecule has 0 saturated carbocycles. The van der Waals surface area contributed by atoms with Crippen LogP contribution in [0.4, 0.5) is 0 Å². The van der Waals surface area contributed by atoms with E-state index in [1.807, 2.05) is 0 Å². The van der Waals surface area contributed by atoms with E-state index < -0.39 is 0 Å². The second kappa shape index (κ2) is 4.81. The van der Waals surface area contributed by atoms with E-state index >= 15 is 0 Å². The smallest absolute Gasteiger partial charge is 0.0463 e. The van der Waals surface area contributed by atoms with Gasteiger partial charge in [0, 0.05) is 18.5 Å². The van der Waals surface area contributed by atoms with Crippen molar-refractivity contribution in [2.24, 2.45) is 0 Å². The highest BCUT2D eigenvalue weighted by molar-refractivity contribution is 6.20. The van der Waals surface area contributed by atoms with Gasteiger partial charge in [-0.1, -0.05) is 30.3 Å². The molecular weight excluding hydrogens is 194 g/mol. The average Bonchev–Trinajstić information content (AvgIpc) is 2.19. The average molecular weight is 210 g/mol. The first-order valence-corrected chi connectivity index (χ1v) is 5.68. The van der Waals surface area contributed by atoms with Crippen molar-refractivity contribution in [2.45, 2.75) is 24.8 Å². The molecule has 0 radical (unpaired) electrons. The number of piperidine rings is 1. The van der Waals surface area contributed by atoms with Crippen LogP contribution in [0.3, 0.4) is 0 Å². The summed E-state index contributed by atoms with van der Waals surface area (Å²) in [5.74, 6) is 0. The minimum absolute atomic E-state index is 0.354. The van der Waals surface area contributed by atoms with Crippen molar-refractivity contribution in [2.75, 3.05) is 13.1 Å². The molecule has 1 aromatic carbocycles. The fourth-order valence-electron chi connectivity index (χ4n) is 1.98. The minimum Gasteiger partial charge on any atom is -0.298 e. The molecule has 0 amide bonds. The fourth-order valence-corrected chi connectivity index (χ4v) is 2.33. The molecule has 1 nitrogen and oxygen atoms in total. The molecule has 2 rings (SSSR count). The second-order valence-corrected chi connectivity index (χ2v) is 4.58. The van der Waals surface area contributed by atoms with E-state index in [1.165, 1.54) is 24.9 Å². The molecule has 14 heavy (non-hydrogen) atoms. The Morgan fingerprint density at radius 1 is 1.29 bits per heavy atom. The first kappa shape index (κ1) is 10.0. The summed E-state index contributed by atoms with van der Waals surface area (Å²) in [4.78, 5) is 2.44. The molecule has 0 bridgehead atoms. The van der Waals surface area contributed by atoms with Gasteiger partial charge in [0.2, 0.25) is 0 Å². The standard InChI is InChI=1S/C12H16ClN/c13-12-7-4-8-14(10-12)9-11-5-2-1-3-6-11/h1-3,5-6,12H,4,7-10H2/t12-/m1/s1. The first-order chi connectivity index (χ1) is 6.84. The molecule has 0 aliphatic carbocycles. The monoisotopic (exact) mass is 209 g/mol. The van der Waals surface area contributed by atoms with Crippen molar-refractivity contribution in [3.05, 3.63) is 35.9 Å². The van der Waals surface area contributed by atoms with Crippen LogP contribution >= 0.6 is 11.6 Å². The van der Waals surface area contributed by atoms with Crippen molar-refractivity contribution in [1.82, 2.24) is 4.90 Å². The zero-order chi connectivity index (χ0) is 9.80. The molecule has 1 heterocycles. The Morgan fingerprint density at radius 2 is 2.07 bits per heavy atom. The molecule has 0 unspecified atom stereocenters. The summed E-state index contributed by atoms with van der Waals surface area (Å²) in [7, 11) is 0. The molecule has 1 aliphatic heterocycles. The van der Waals surface area contributed by atoms with E-state index in [-0.39, 0.29) is 0 Å². The molecule has 0 N–H and O–H groups in total. The Hall–Kier alpha value is -0.530. The van der Waals surface area contributed by atoms with Crippen molar-refractivity contribution in [3.8, 4) is 0 Å². The Kier molecular flexibility index (Phi) is 3.44. The highest BCUT2D eigenvalue weighted by Gasteiger charge is 2.17. The number of rotatable bonds is 2. The molecular formula is C12H16ClN. The van der Waals surface area contributed by atoms with Crippen LogP contribution in [0.1, 0.15) is 18.4 Å². The summed E-state index contributed by atoms with van der Waals surface area (Å²) >= 11 is 6.14. The Balaban J connectivity index is 1.91. The topological polar surface area (TPSA) is 3.24 Å². The second-order valence-electron chi connectivity index (χ2n) is 3.96. The van der Waals surface area contributed by atoms with E-state index in [2.05, 4.69) is 35.2 Å². The predicted molar refractivity (Wildman–Crippen MR) is 60.6 cm³/mol. The lowest BCUT2D eigenvalue weighted by Gasteiger charge is -2.29. The van der Waals surface area contributed by atoms with Gasteiger partial charge in [-0.2, -0.15) is 0 Å². The molecule has 1 aliphatic rings. The van der Waals surface area contributed by atoms with Crippen molar-refractivity contribution in [3.63, 3.8) is 0 Å². The molecule has 1 aromatic rings. The fraction of sp³-hybridized carbons (Fsp3) is 0.500. The maximum absolute atomic E-state index is 6.14. The van der Waals surface area contributed by atoms with Crippen molar-refractivity contribution >= 4 is 11.6 Å². The van der Waals surface area contributed by atoms with Gasteiger partial charge in [-0.05, 0) is 24.9 Å². The number of hydrogen-bond donors (Lipinski definition) is 0. The highest BCUT2D eigenvalue weighted by Crippen LogP contribution is 2.17. The Bertz CT molecular complexity index is 273. The van der Waals surface area contributed by atoms with Gasteiger partial charge in [0.15, 0.2) is 0 Å². The summed E-state index contributed by atoms with van der Waals surface area (Å²) in [5.41, 5.74) is 1.39. The van der Waals surface area contributed by atoms with Gasteiger partial charge in [-0.3, -0.25) is 4.90 Å². The van der Waals surface area contributed by atoms with Crippen LogP contribution in [-0.2, 0) is 6.54 Å². The molecule has 2 heteroatoms. The van der Waals surface area contributed by atoms with Gasteiger partial charge < -0.3 is 0 Å². The molecule has 0 spiro atoms. The SMILES string of the molecule is Cl[C@@H]1CCCN(Cc2ccccc2)C1. The zero-order valence-electron chi connectivity index (χ0n) is 8.32. The maximum Gasteiger partial charge on any atom is 0.0463 e. The maximum atomic E-state index is 6.14. The molecule has 76 valence electrons. The lowest BCUT2D eigenvalue weighted by molar-refractivity contribution is 0.224. The number of benzene rings is 1. The number of likely N-dealkylation sites (tertiary alicyclic amines) is 1. The first-order valence-electron chi connectivity index (χ1n) is 5.25. The number of hydrogen-bond acceptors (Lipinski definition) is 1. The summed E-state index contributed by atoms with van der Waals surface area (Å²) in [6, 6.07) is 10.6. The largest absolute Gasteiger partial charge is 0.298 e. The third-order valence-corrected chi connectivity index (χ3v) is 3.05. The van der Waals surface area contributed by atoms with E-state index in [4.69, 9.17) is 11.6 Å². The molecule has 1 fully saturated rings. The van der Waals surface area contributed by atoms with E-state index in [1.54, 1.807) is 0 Å². The van der Waals surface area contributed by atoms with E-state index in [9.17, 15) is 0 Å². The lowest BCUT2D eigenvalue weighted by Crippen LogP contribution is -2.35. The number of nitrogens with zero attached hydrogens (tertiary/aromatic N) is 1. The highest BCUT2D eigenvalue weighted by atomic mass is 35.5. The Morgan fingerprint density at radius 3 is 2.79 bits per heavy atom. The van der Waals surface area contributed by atoms with Crippen LogP contribution in [0.2, 0.25) is 0 Å². The summed E-state index contributed by atoms with van der Waals surface area (Å²) in [6.45, 7) is 3.28. The normalized spacial score (nSPS) is 23.6. The summed E-state index contributed by atoms with van der Waals surface area (Å²) in [5, 5.41) is 0.354. The minimum atomic E-state index is 0.354. The van der Waals surface area contributed by atoms with Gasteiger partial charge in [-0.25, -0.2) is 0 Å². The predicted octanol–water partition coefficient (Wildman–Crippen LogP) is 2.89. The number of halogens is 1. The molecule has 1 atom stereocenters. The van der Waals surface area contributed by atoms with Gasteiger partial charge in [0.25, 0.3) is 0 Å². The zero-order valence-corrected chi connectivity index (χ0v) is 9.08. The van der Waals surface area contributed by atoms with Crippen LogP contribution in [0, 0.1) is 0 Å². The van der Waals surface area contributed by atoms with E-state index in [0.717, 1.165) is 13.1 Å².